The van der Waals surface area contributed by atoms with Crippen LogP contribution in [-0.4, -0.2) is 30.9 Å². The summed E-state index contributed by atoms with van der Waals surface area (Å²) in [4.78, 5) is 24.1. The lowest BCUT2D eigenvalue weighted by atomic mass is 9.65. The van der Waals surface area contributed by atoms with Gasteiger partial charge in [-0.3, -0.25) is 9.59 Å². The molecule has 5 nitrogen and oxygen atoms in total. The van der Waals surface area contributed by atoms with Crippen molar-refractivity contribution in [1.29, 1.82) is 0 Å². The number of carbonyl (C=O) groups is 2. The molecule has 0 radical (unpaired) electrons. The summed E-state index contributed by atoms with van der Waals surface area (Å²) in [6.07, 6.45) is 5.46. The van der Waals surface area contributed by atoms with Gasteiger partial charge in [0.05, 0.1) is 0 Å². The molecule has 0 aromatic heterocycles. The van der Waals surface area contributed by atoms with Crippen molar-refractivity contribution in [2.75, 3.05) is 13.1 Å². The third kappa shape index (κ3) is 5.35. The summed E-state index contributed by atoms with van der Waals surface area (Å²) in [6.45, 7) is 6.63. The number of hydrogen-bond acceptors (Lipinski definition) is 3. The van der Waals surface area contributed by atoms with E-state index in [-0.39, 0.29) is 35.6 Å². The zero-order chi connectivity index (χ0) is 16.3. The monoisotopic (exact) mass is 345 g/mol. The predicted molar refractivity (Wildman–Crippen MR) is 94.3 cm³/mol. The topological polar surface area (TPSA) is 84.2 Å². The van der Waals surface area contributed by atoms with Crippen molar-refractivity contribution in [3.63, 3.8) is 0 Å². The van der Waals surface area contributed by atoms with Crippen LogP contribution >= 0.6 is 12.4 Å². The van der Waals surface area contributed by atoms with Gasteiger partial charge in [-0.15, -0.1) is 12.4 Å². The van der Waals surface area contributed by atoms with Crippen molar-refractivity contribution < 1.29 is 9.59 Å². The molecule has 2 amide bonds. The molecule has 134 valence electrons. The summed E-state index contributed by atoms with van der Waals surface area (Å²) < 4.78 is 0. The zero-order valence-corrected chi connectivity index (χ0v) is 15.4. The van der Waals surface area contributed by atoms with E-state index in [1.165, 1.54) is 19.3 Å². The van der Waals surface area contributed by atoms with Gasteiger partial charge < -0.3 is 16.4 Å². The smallest absolute Gasteiger partial charge is 0.225 e. The molecule has 2 unspecified atom stereocenters. The maximum Gasteiger partial charge on any atom is 0.225 e. The van der Waals surface area contributed by atoms with Gasteiger partial charge in [0.15, 0.2) is 0 Å². The molecule has 2 aliphatic carbocycles. The second-order valence-corrected chi connectivity index (χ2v) is 7.99. The molecule has 2 saturated carbocycles. The third-order valence-corrected chi connectivity index (χ3v) is 5.17. The van der Waals surface area contributed by atoms with Crippen molar-refractivity contribution in [2.45, 2.75) is 58.9 Å². The number of rotatable bonds is 4. The summed E-state index contributed by atoms with van der Waals surface area (Å²) >= 11 is 0. The van der Waals surface area contributed by atoms with Crippen LogP contribution in [-0.2, 0) is 9.59 Å². The van der Waals surface area contributed by atoms with E-state index in [0.717, 1.165) is 12.8 Å². The van der Waals surface area contributed by atoms with E-state index >= 15 is 0 Å². The van der Waals surface area contributed by atoms with E-state index < -0.39 is 0 Å². The number of nitrogens with two attached hydrogens (primary N) is 1. The Morgan fingerprint density at radius 1 is 1.04 bits per heavy atom. The summed E-state index contributed by atoms with van der Waals surface area (Å²) in [6, 6.07) is 0.295. The fourth-order valence-corrected chi connectivity index (χ4v) is 3.77. The van der Waals surface area contributed by atoms with Crippen LogP contribution < -0.4 is 16.4 Å². The van der Waals surface area contributed by atoms with Crippen LogP contribution in [0.25, 0.3) is 0 Å². The summed E-state index contributed by atoms with van der Waals surface area (Å²) in [5, 5.41) is 5.82. The minimum Gasteiger partial charge on any atom is -0.354 e. The third-order valence-electron chi connectivity index (χ3n) is 5.17. The van der Waals surface area contributed by atoms with Crippen LogP contribution in [0, 0.1) is 23.2 Å². The minimum absolute atomic E-state index is 0. The number of nitrogens with one attached hydrogen (secondary N) is 2. The van der Waals surface area contributed by atoms with Crippen molar-refractivity contribution in [1.82, 2.24) is 10.6 Å². The van der Waals surface area contributed by atoms with Crippen LogP contribution in [0.2, 0.25) is 0 Å². The van der Waals surface area contributed by atoms with Crippen LogP contribution in [0.4, 0.5) is 0 Å². The Balaban J connectivity index is 0.00000264. The van der Waals surface area contributed by atoms with Gasteiger partial charge in [0.1, 0.15) is 0 Å². The second-order valence-electron chi connectivity index (χ2n) is 7.99. The fraction of sp³-hybridized carbons (Fsp3) is 0.882. The first-order valence-corrected chi connectivity index (χ1v) is 8.60. The Morgan fingerprint density at radius 2 is 1.57 bits per heavy atom. The molecule has 0 saturated heterocycles. The maximum absolute atomic E-state index is 12.3. The van der Waals surface area contributed by atoms with E-state index in [1.807, 2.05) is 20.8 Å². The van der Waals surface area contributed by atoms with E-state index in [9.17, 15) is 9.59 Å². The molecule has 6 heteroatoms. The van der Waals surface area contributed by atoms with Gasteiger partial charge in [0.2, 0.25) is 11.8 Å². The van der Waals surface area contributed by atoms with Crippen LogP contribution in [0.3, 0.4) is 0 Å². The first kappa shape index (κ1) is 20.2. The highest BCUT2D eigenvalue weighted by molar-refractivity contribution is 5.85. The maximum atomic E-state index is 12.3. The molecule has 0 spiro atoms. The zero-order valence-electron chi connectivity index (χ0n) is 14.6. The molecule has 2 fully saturated rings. The summed E-state index contributed by atoms with van der Waals surface area (Å²) in [5.74, 6) is 1.29. The van der Waals surface area contributed by atoms with Crippen molar-refractivity contribution in [3.8, 4) is 0 Å². The Kier molecular flexibility index (Phi) is 7.33. The highest BCUT2D eigenvalue weighted by Crippen LogP contribution is 2.41. The lowest BCUT2D eigenvalue weighted by molar-refractivity contribution is -0.130. The van der Waals surface area contributed by atoms with Crippen LogP contribution in [0.15, 0.2) is 0 Å². The molecule has 0 heterocycles. The van der Waals surface area contributed by atoms with Crippen molar-refractivity contribution in [3.05, 3.63) is 0 Å². The number of carbonyl (C=O) groups excluding carboxylic acids is 2. The minimum atomic E-state index is -0.388. The number of halogens is 1. The van der Waals surface area contributed by atoms with Crippen molar-refractivity contribution >= 4 is 24.2 Å². The summed E-state index contributed by atoms with van der Waals surface area (Å²) in [5.41, 5.74) is 5.88. The van der Waals surface area contributed by atoms with Gasteiger partial charge in [0, 0.05) is 30.5 Å². The molecule has 4 N–H and O–H groups in total. The molecule has 2 aliphatic rings. The number of amides is 2. The molecule has 0 aromatic rings. The van der Waals surface area contributed by atoms with E-state index in [0.29, 0.717) is 31.0 Å². The standard InChI is InChI=1S/C17H31N3O2.ClH/c1-17(2,3)16(22)20-8-7-19-15(21)13-9-11-5-4-6-12(10-13)14(11)18;/h11-14H,4-10,18H2,1-3H3,(H,19,21)(H,20,22);1H. The quantitative estimate of drug-likeness (QED) is 0.680. The average molecular weight is 346 g/mol. The highest BCUT2D eigenvalue weighted by atomic mass is 35.5. The van der Waals surface area contributed by atoms with Gasteiger partial charge in [-0.25, -0.2) is 0 Å². The highest BCUT2D eigenvalue weighted by Gasteiger charge is 2.40. The van der Waals surface area contributed by atoms with Crippen LogP contribution in [0.5, 0.6) is 0 Å². The lowest BCUT2D eigenvalue weighted by Gasteiger charge is -2.43. The molecule has 2 atom stereocenters. The first-order chi connectivity index (χ1) is 10.3. The fourth-order valence-electron chi connectivity index (χ4n) is 3.77. The van der Waals surface area contributed by atoms with Crippen LogP contribution in [0.1, 0.15) is 52.9 Å². The summed E-state index contributed by atoms with van der Waals surface area (Å²) in [7, 11) is 0. The molecular weight excluding hydrogens is 314 g/mol. The van der Waals surface area contributed by atoms with E-state index in [4.69, 9.17) is 5.73 Å². The lowest BCUT2D eigenvalue weighted by Crippen LogP contribution is -2.49. The average Bonchev–Trinajstić information content (AvgIpc) is 2.41. The molecule has 0 aromatic carbocycles. The number of hydrogen-bond donors (Lipinski definition) is 3. The van der Waals surface area contributed by atoms with Gasteiger partial charge in [0.25, 0.3) is 0 Å². The van der Waals surface area contributed by atoms with Gasteiger partial charge in [-0.2, -0.15) is 0 Å². The second kappa shape index (κ2) is 8.34. The van der Waals surface area contributed by atoms with E-state index in [2.05, 4.69) is 10.6 Å². The SMILES string of the molecule is CC(C)(C)C(=O)NCCNC(=O)C1CC2CCCC(C1)C2N.Cl. The Hall–Kier alpha value is -0.810. The predicted octanol–water partition coefficient (Wildman–Crippen LogP) is 1.84. The Labute approximate surface area is 145 Å². The Morgan fingerprint density at radius 3 is 2.09 bits per heavy atom. The van der Waals surface area contributed by atoms with Gasteiger partial charge >= 0.3 is 0 Å². The van der Waals surface area contributed by atoms with Gasteiger partial charge in [-0.1, -0.05) is 27.2 Å². The largest absolute Gasteiger partial charge is 0.354 e. The molecule has 2 rings (SSSR count). The normalized spacial score (nSPS) is 30.1. The molecule has 2 bridgehead atoms. The molecule has 23 heavy (non-hydrogen) atoms. The Bertz CT molecular complexity index is 409. The van der Waals surface area contributed by atoms with E-state index in [1.54, 1.807) is 0 Å². The van der Waals surface area contributed by atoms with Gasteiger partial charge in [-0.05, 0) is 37.5 Å². The number of fused-ring (bicyclic) bond motifs is 2. The molecule has 0 aliphatic heterocycles. The molecular formula is C17H32ClN3O2. The van der Waals surface area contributed by atoms with Crippen molar-refractivity contribution in [2.24, 2.45) is 28.9 Å². The first-order valence-electron chi connectivity index (χ1n) is 8.60.